The van der Waals surface area contributed by atoms with E-state index in [0.29, 0.717) is 50.3 Å². The highest BCUT2D eigenvalue weighted by molar-refractivity contribution is 7.93. The van der Waals surface area contributed by atoms with Crippen molar-refractivity contribution >= 4 is 21.4 Å². The largest absolute Gasteiger partial charge is 0.480 e. The number of morpholine rings is 1. The summed E-state index contributed by atoms with van der Waals surface area (Å²) in [4.78, 5) is 15.2. The first-order valence-corrected chi connectivity index (χ1v) is 15.5. The monoisotopic (exact) mass is 597 g/mol. The van der Waals surface area contributed by atoms with Crippen LogP contribution in [0.2, 0.25) is 0 Å². The molecule has 2 fully saturated rings. The molecule has 2 aromatic heterocycles. The summed E-state index contributed by atoms with van der Waals surface area (Å²) in [6.07, 6.45) is 3.03. The van der Waals surface area contributed by atoms with Crippen LogP contribution in [-0.4, -0.2) is 93.8 Å². The maximum atomic E-state index is 15.4. The molecule has 0 unspecified atom stereocenters. The molecule has 0 atom stereocenters. The van der Waals surface area contributed by atoms with E-state index in [1.54, 1.807) is 12.3 Å². The Morgan fingerprint density at radius 1 is 1.05 bits per heavy atom. The van der Waals surface area contributed by atoms with Crippen LogP contribution in [0.4, 0.5) is 15.8 Å². The minimum Gasteiger partial charge on any atom is -0.480 e. The predicted molar refractivity (Wildman–Crippen MR) is 160 cm³/mol. The van der Waals surface area contributed by atoms with Crippen molar-refractivity contribution in [1.29, 1.82) is 0 Å². The normalized spacial score (nSPS) is 17.0. The second-order valence-electron chi connectivity index (χ2n) is 10.8. The number of nitrogens with zero attached hydrogens (tertiary/aromatic N) is 6. The summed E-state index contributed by atoms with van der Waals surface area (Å²) in [6.45, 7) is 11.3. The minimum absolute atomic E-state index is 0.0396. The zero-order chi connectivity index (χ0) is 29.9. The summed E-state index contributed by atoms with van der Waals surface area (Å²) in [5, 5.41) is 0. The fraction of sp³-hybridized carbons (Fsp3) is 0.433. The molecule has 12 heteroatoms. The van der Waals surface area contributed by atoms with Crippen LogP contribution >= 0.6 is 0 Å². The molecular formula is C30H38FN6O4S. The van der Waals surface area contributed by atoms with E-state index in [-0.39, 0.29) is 22.0 Å². The zero-order valence-electron chi connectivity index (χ0n) is 24.4. The topological polar surface area (TPSA) is 91.3 Å². The number of benzene rings is 1. The van der Waals surface area contributed by atoms with Gasteiger partial charge in [-0.25, -0.2) is 17.8 Å². The molecule has 0 saturated carbocycles. The highest BCUT2D eigenvalue weighted by Gasteiger charge is 2.29. The van der Waals surface area contributed by atoms with Gasteiger partial charge in [0, 0.05) is 63.6 Å². The Labute approximate surface area is 247 Å². The van der Waals surface area contributed by atoms with Gasteiger partial charge in [-0.2, -0.15) is 0 Å². The fourth-order valence-corrected chi connectivity index (χ4v) is 6.55. The van der Waals surface area contributed by atoms with E-state index in [0.717, 1.165) is 36.0 Å². The highest BCUT2D eigenvalue weighted by Crippen LogP contribution is 2.33. The van der Waals surface area contributed by atoms with Crippen LogP contribution in [-0.2, 0) is 21.3 Å². The van der Waals surface area contributed by atoms with E-state index in [9.17, 15) is 8.42 Å². The molecule has 1 aromatic carbocycles. The van der Waals surface area contributed by atoms with E-state index in [2.05, 4.69) is 40.7 Å². The molecule has 5 rings (SSSR count). The molecule has 0 spiro atoms. The molecule has 10 nitrogen and oxygen atoms in total. The van der Waals surface area contributed by atoms with Crippen molar-refractivity contribution in [1.82, 2.24) is 19.8 Å². The molecule has 2 aliphatic rings. The standard InChI is InChI=1S/C30H38FN6O4S/c1-22(2)36-11-9-35(10-12-36)21-23-5-6-26(27(31)17-23)28-18-24(7-8-32-28)34(3)42(38,39)29-19-25(20-33-30(29)40-4)37-13-15-41-16-14-37/h5-8,17-20,22H,3,9-16,21H2,1-2,4H3. The molecule has 2 saturated heterocycles. The molecule has 0 amide bonds. The number of ether oxygens (including phenoxy) is 2. The van der Waals surface area contributed by atoms with Crippen LogP contribution < -0.4 is 13.9 Å². The molecule has 0 N–H and O–H groups in total. The minimum atomic E-state index is -4.19. The van der Waals surface area contributed by atoms with Gasteiger partial charge in [-0.05, 0) is 49.7 Å². The van der Waals surface area contributed by atoms with Crippen LogP contribution in [0.3, 0.4) is 0 Å². The molecule has 0 aliphatic carbocycles. The van der Waals surface area contributed by atoms with Crippen molar-refractivity contribution in [2.75, 3.05) is 68.8 Å². The Balaban J connectivity index is 1.35. The number of pyridine rings is 2. The quantitative estimate of drug-likeness (QED) is 0.367. The van der Waals surface area contributed by atoms with Crippen LogP contribution in [0.25, 0.3) is 11.3 Å². The average Bonchev–Trinajstić information content (AvgIpc) is 3.01. The van der Waals surface area contributed by atoms with Gasteiger partial charge in [0.15, 0.2) is 4.90 Å². The first kappa shape index (κ1) is 30.1. The van der Waals surface area contributed by atoms with Crippen molar-refractivity contribution in [2.45, 2.75) is 31.3 Å². The molecule has 225 valence electrons. The number of hydrogen-bond acceptors (Lipinski definition) is 9. The van der Waals surface area contributed by atoms with Gasteiger partial charge in [-0.15, -0.1) is 0 Å². The van der Waals surface area contributed by atoms with Crippen LogP contribution in [0, 0.1) is 12.9 Å². The van der Waals surface area contributed by atoms with Gasteiger partial charge in [0.1, 0.15) is 5.82 Å². The third-order valence-corrected chi connectivity index (χ3v) is 9.47. The summed E-state index contributed by atoms with van der Waals surface area (Å²) < 4.78 is 54.5. The fourth-order valence-electron chi connectivity index (χ4n) is 5.29. The van der Waals surface area contributed by atoms with Crippen molar-refractivity contribution in [2.24, 2.45) is 0 Å². The molecule has 0 bridgehead atoms. The number of halogens is 1. The van der Waals surface area contributed by atoms with Crippen LogP contribution in [0.5, 0.6) is 5.88 Å². The Hall–Kier alpha value is -3.32. The molecule has 3 aromatic rings. The van der Waals surface area contributed by atoms with Gasteiger partial charge < -0.3 is 14.4 Å². The second-order valence-corrected chi connectivity index (χ2v) is 12.6. The molecule has 2 aliphatic heterocycles. The third kappa shape index (κ3) is 6.51. The number of aromatic nitrogens is 2. The maximum Gasteiger partial charge on any atom is 0.269 e. The van der Waals surface area contributed by atoms with Gasteiger partial charge >= 0.3 is 0 Å². The lowest BCUT2D eigenvalue weighted by Gasteiger charge is -2.36. The SMILES string of the molecule is [CH2]N(c1ccnc(-c2ccc(CN3CCN(C(C)C)CC3)cc2F)c1)S(=O)(=O)c1cc(N2CCOCC2)cnc1OC. The van der Waals surface area contributed by atoms with Gasteiger partial charge in [-0.1, -0.05) is 6.07 Å². The van der Waals surface area contributed by atoms with Gasteiger partial charge in [0.2, 0.25) is 5.88 Å². The molecule has 42 heavy (non-hydrogen) atoms. The zero-order valence-corrected chi connectivity index (χ0v) is 25.2. The lowest BCUT2D eigenvalue weighted by molar-refractivity contribution is 0.104. The number of anilines is 2. The number of rotatable bonds is 9. The highest BCUT2D eigenvalue weighted by atomic mass is 32.2. The maximum absolute atomic E-state index is 15.4. The molecule has 4 heterocycles. The van der Waals surface area contributed by atoms with E-state index in [1.807, 2.05) is 11.0 Å². The molecule has 1 radical (unpaired) electrons. The van der Waals surface area contributed by atoms with E-state index < -0.39 is 15.8 Å². The lowest BCUT2D eigenvalue weighted by atomic mass is 10.1. The summed E-state index contributed by atoms with van der Waals surface area (Å²) in [6, 6.07) is 10.2. The smallest absolute Gasteiger partial charge is 0.269 e. The predicted octanol–water partition coefficient (Wildman–Crippen LogP) is 3.64. The number of piperazine rings is 1. The summed E-state index contributed by atoms with van der Waals surface area (Å²) >= 11 is 0. The number of hydrogen-bond donors (Lipinski definition) is 0. The van der Waals surface area contributed by atoms with Gasteiger partial charge in [0.25, 0.3) is 10.0 Å². The Morgan fingerprint density at radius 3 is 2.45 bits per heavy atom. The average molecular weight is 598 g/mol. The summed E-state index contributed by atoms with van der Waals surface area (Å²) in [5.41, 5.74) is 2.34. The Kier molecular flexibility index (Phi) is 9.26. The molecular weight excluding hydrogens is 559 g/mol. The Morgan fingerprint density at radius 2 is 1.79 bits per heavy atom. The summed E-state index contributed by atoms with van der Waals surface area (Å²) in [5.74, 6) is -0.456. The van der Waals surface area contributed by atoms with E-state index in [1.165, 1.54) is 37.6 Å². The second kappa shape index (κ2) is 12.9. The van der Waals surface area contributed by atoms with E-state index in [4.69, 9.17) is 9.47 Å². The third-order valence-electron chi connectivity index (χ3n) is 7.83. The summed E-state index contributed by atoms with van der Waals surface area (Å²) in [7, 11) is 1.000. The first-order chi connectivity index (χ1) is 20.2. The van der Waals surface area contributed by atoms with Gasteiger partial charge in [0.05, 0.1) is 50.6 Å². The van der Waals surface area contributed by atoms with Crippen LogP contribution in [0.1, 0.15) is 19.4 Å². The van der Waals surface area contributed by atoms with Crippen LogP contribution in [0.15, 0.2) is 53.7 Å². The number of methoxy groups -OCH3 is 1. The van der Waals surface area contributed by atoms with Crippen molar-refractivity contribution in [3.05, 3.63) is 67.2 Å². The van der Waals surface area contributed by atoms with Crippen molar-refractivity contribution in [3.8, 4) is 17.1 Å². The first-order valence-electron chi connectivity index (χ1n) is 14.1. The Bertz CT molecular complexity index is 1490. The lowest BCUT2D eigenvalue weighted by Crippen LogP contribution is -2.48. The van der Waals surface area contributed by atoms with E-state index >= 15 is 4.39 Å². The van der Waals surface area contributed by atoms with Crippen molar-refractivity contribution < 1.29 is 22.3 Å². The van der Waals surface area contributed by atoms with Crippen molar-refractivity contribution in [3.63, 3.8) is 0 Å². The van der Waals surface area contributed by atoms with Gasteiger partial charge in [-0.3, -0.25) is 19.1 Å². The number of sulfonamides is 1.